The molecule has 1 aliphatic rings. The highest BCUT2D eigenvalue weighted by atomic mass is 16.5. The molecule has 0 bridgehead atoms. The van der Waals surface area contributed by atoms with Crippen molar-refractivity contribution in [2.45, 2.75) is 25.5 Å². The topological polar surface area (TPSA) is 35.2 Å². The molecule has 2 rings (SSSR count). The molecule has 0 saturated carbocycles. The molecule has 2 unspecified atom stereocenters. The average Bonchev–Trinajstić information content (AvgIpc) is 2.44. The average molecular weight is 177 g/mol. The molecule has 2 heteroatoms. The SMILES string of the molecule is CCOC1c2ccccc2CC1N. The first-order valence-electron chi connectivity index (χ1n) is 4.78. The highest BCUT2D eigenvalue weighted by Crippen LogP contribution is 2.32. The van der Waals surface area contributed by atoms with E-state index in [0.29, 0.717) is 0 Å². The zero-order valence-corrected chi connectivity index (χ0v) is 7.86. The second kappa shape index (κ2) is 3.48. The molecule has 0 fully saturated rings. The number of hydrogen-bond acceptors (Lipinski definition) is 2. The first kappa shape index (κ1) is 8.73. The summed E-state index contributed by atoms with van der Waals surface area (Å²) in [5.74, 6) is 0. The number of nitrogens with two attached hydrogens (primary N) is 1. The van der Waals surface area contributed by atoms with Gasteiger partial charge in [-0.1, -0.05) is 24.3 Å². The van der Waals surface area contributed by atoms with Gasteiger partial charge in [0, 0.05) is 12.6 Å². The van der Waals surface area contributed by atoms with Crippen molar-refractivity contribution in [3.63, 3.8) is 0 Å². The predicted molar refractivity (Wildman–Crippen MR) is 52.5 cm³/mol. The molecule has 0 radical (unpaired) electrons. The minimum atomic E-state index is 0.112. The van der Waals surface area contributed by atoms with Crippen molar-refractivity contribution in [1.82, 2.24) is 0 Å². The van der Waals surface area contributed by atoms with Crippen LogP contribution in [0.3, 0.4) is 0 Å². The van der Waals surface area contributed by atoms with Crippen LogP contribution in [0.25, 0.3) is 0 Å². The lowest BCUT2D eigenvalue weighted by atomic mass is 10.1. The van der Waals surface area contributed by atoms with E-state index in [4.69, 9.17) is 10.5 Å². The van der Waals surface area contributed by atoms with Crippen LogP contribution in [0.4, 0.5) is 0 Å². The van der Waals surface area contributed by atoms with Crippen molar-refractivity contribution in [3.8, 4) is 0 Å². The standard InChI is InChI=1S/C11H15NO/c1-2-13-11-9-6-4-3-5-8(9)7-10(11)12/h3-6,10-11H,2,7,12H2,1H3. The van der Waals surface area contributed by atoms with Gasteiger partial charge in [0.05, 0.1) is 6.10 Å². The summed E-state index contributed by atoms with van der Waals surface area (Å²) in [4.78, 5) is 0. The Hall–Kier alpha value is -0.860. The fourth-order valence-electron chi connectivity index (χ4n) is 1.98. The maximum atomic E-state index is 5.99. The van der Waals surface area contributed by atoms with E-state index in [0.717, 1.165) is 13.0 Å². The molecule has 2 atom stereocenters. The number of hydrogen-bond donors (Lipinski definition) is 1. The Morgan fingerprint density at radius 3 is 3.00 bits per heavy atom. The van der Waals surface area contributed by atoms with Crippen LogP contribution in [0.15, 0.2) is 24.3 Å². The monoisotopic (exact) mass is 177 g/mol. The number of ether oxygens (including phenoxy) is 1. The van der Waals surface area contributed by atoms with Gasteiger partial charge in [0.15, 0.2) is 0 Å². The van der Waals surface area contributed by atoms with Crippen molar-refractivity contribution >= 4 is 0 Å². The van der Waals surface area contributed by atoms with Crippen LogP contribution in [-0.4, -0.2) is 12.6 Å². The quantitative estimate of drug-likeness (QED) is 0.745. The maximum absolute atomic E-state index is 5.99. The molecule has 1 aliphatic carbocycles. The molecule has 13 heavy (non-hydrogen) atoms. The summed E-state index contributed by atoms with van der Waals surface area (Å²) in [7, 11) is 0. The van der Waals surface area contributed by atoms with Gasteiger partial charge in [-0.15, -0.1) is 0 Å². The maximum Gasteiger partial charge on any atom is 0.0981 e. The minimum Gasteiger partial charge on any atom is -0.372 e. The van der Waals surface area contributed by atoms with Crippen LogP contribution in [-0.2, 0) is 11.2 Å². The fourth-order valence-corrected chi connectivity index (χ4v) is 1.98. The molecule has 70 valence electrons. The van der Waals surface area contributed by atoms with Crippen LogP contribution in [0.1, 0.15) is 24.2 Å². The second-order valence-corrected chi connectivity index (χ2v) is 3.44. The van der Waals surface area contributed by atoms with Crippen molar-refractivity contribution < 1.29 is 4.74 Å². The summed E-state index contributed by atoms with van der Waals surface area (Å²) in [5.41, 5.74) is 8.61. The molecule has 1 aromatic rings. The van der Waals surface area contributed by atoms with E-state index in [1.807, 2.05) is 13.0 Å². The molecule has 0 aliphatic heterocycles. The van der Waals surface area contributed by atoms with Crippen LogP contribution >= 0.6 is 0 Å². The van der Waals surface area contributed by atoms with Gasteiger partial charge in [-0.2, -0.15) is 0 Å². The molecule has 0 spiro atoms. The normalized spacial score (nSPS) is 26.0. The van der Waals surface area contributed by atoms with Crippen LogP contribution in [0.2, 0.25) is 0 Å². The van der Waals surface area contributed by atoms with E-state index in [2.05, 4.69) is 18.2 Å². The van der Waals surface area contributed by atoms with Crippen molar-refractivity contribution in [3.05, 3.63) is 35.4 Å². The second-order valence-electron chi connectivity index (χ2n) is 3.44. The zero-order valence-electron chi connectivity index (χ0n) is 7.86. The Bertz CT molecular complexity index is 298. The Morgan fingerprint density at radius 2 is 2.23 bits per heavy atom. The molecule has 0 heterocycles. The van der Waals surface area contributed by atoms with E-state index < -0.39 is 0 Å². The van der Waals surface area contributed by atoms with Gasteiger partial charge in [-0.3, -0.25) is 0 Å². The fraction of sp³-hybridized carbons (Fsp3) is 0.455. The minimum absolute atomic E-state index is 0.112. The molecule has 0 amide bonds. The third kappa shape index (κ3) is 1.47. The van der Waals surface area contributed by atoms with E-state index in [1.165, 1.54) is 11.1 Å². The number of benzene rings is 1. The highest BCUT2D eigenvalue weighted by Gasteiger charge is 2.29. The van der Waals surface area contributed by atoms with Crippen LogP contribution in [0.5, 0.6) is 0 Å². The van der Waals surface area contributed by atoms with Gasteiger partial charge in [0.25, 0.3) is 0 Å². The predicted octanol–water partition coefficient (Wildman–Crippen LogP) is 1.65. The Balaban J connectivity index is 2.29. The van der Waals surface area contributed by atoms with E-state index >= 15 is 0 Å². The first-order chi connectivity index (χ1) is 6.33. The molecular weight excluding hydrogens is 162 g/mol. The van der Waals surface area contributed by atoms with Crippen molar-refractivity contribution in [2.24, 2.45) is 5.73 Å². The van der Waals surface area contributed by atoms with Crippen molar-refractivity contribution in [2.75, 3.05) is 6.61 Å². The molecule has 2 nitrogen and oxygen atoms in total. The molecular formula is C11H15NO. The van der Waals surface area contributed by atoms with E-state index in [-0.39, 0.29) is 12.1 Å². The Labute approximate surface area is 78.7 Å². The van der Waals surface area contributed by atoms with Gasteiger partial charge in [-0.05, 0) is 24.5 Å². The van der Waals surface area contributed by atoms with Gasteiger partial charge in [0.1, 0.15) is 0 Å². The van der Waals surface area contributed by atoms with E-state index in [1.54, 1.807) is 0 Å². The van der Waals surface area contributed by atoms with Crippen molar-refractivity contribution in [1.29, 1.82) is 0 Å². The van der Waals surface area contributed by atoms with E-state index in [9.17, 15) is 0 Å². The molecule has 2 N–H and O–H groups in total. The number of rotatable bonds is 2. The lowest BCUT2D eigenvalue weighted by molar-refractivity contribution is 0.0518. The third-order valence-electron chi connectivity index (χ3n) is 2.55. The summed E-state index contributed by atoms with van der Waals surface area (Å²) in [5, 5.41) is 0. The Morgan fingerprint density at radius 1 is 1.46 bits per heavy atom. The third-order valence-corrected chi connectivity index (χ3v) is 2.55. The summed E-state index contributed by atoms with van der Waals surface area (Å²) in [6.07, 6.45) is 1.06. The zero-order chi connectivity index (χ0) is 9.26. The summed E-state index contributed by atoms with van der Waals surface area (Å²) < 4.78 is 5.62. The highest BCUT2D eigenvalue weighted by molar-refractivity contribution is 5.35. The number of fused-ring (bicyclic) bond motifs is 1. The van der Waals surface area contributed by atoms with Gasteiger partial charge in [-0.25, -0.2) is 0 Å². The van der Waals surface area contributed by atoms with Gasteiger partial charge >= 0.3 is 0 Å². The smallest absolute Gasteiger partial charge is 0.0981 e. The lowest BCUT2D eigenvalue weighted by Gasteiger charge is -2.16. The summed E-state index contributed by atoms with van der Waals surface area (Å²) >= 11 is 0. The first-order valence-corrected chi connectivity index (χ1v) is 4.78. The molecule has 1 aromatic carbocycles. The molecule has 0 aromatic heterocycles. The van der Waals surface area contributed by atoms with Gasteiger partial charge in [0.2, 0.25) is 0 Å². The van der Waals surface area contributed by atoms with Gasteiger partial charge < -0.3 is 10.5 Å². The lowest BCUT2D eigenvalue weighted by Crippen LogP contribution is -2.26. The largest absolute Gasteiger partial charge is 0.372 e. The Kier molecular flexibility index (Phi) is 2.34. The summed E-state index contributed by atoms with van der Waals surface area (Å²) in [6, 6.07) is 8.48. The van der Waals surface area contributed by atoms with Crippen LogP contribution in [0, 0.1) is 0 Å². The summed E-state index contributed by atoms with van der Waals surface area (Å²) in [6.45, 7) is 2.74. The molecule has 0 saturated heterocycles. The van der Waals surface area contributed by atoms with Crippen LogP contribution < -0.4 is 5.73 Å².